The lowest BCUT2D eigenvalue weighted by molar-refractivity contribution is -0.117. The second-order valence-electron chi connectivity index (χ2n) is 5.48. The van der Waals surface area contributed by atoms with Gasteiger partial charge in [-0.15, -0.1) is 0 Å². The van der Waals surface area contributed by atoms with Crippen molar-refractivity contribution in [3.63, 3.8) is 0 Å². The smallest absolute Gasteiger partial charge is 0.229 e. The molecule has 1 aliphatic rings. The second-order valence-corrected chi connectivity index (χ2v) is 7.43. The zero-order valence-electron chi connectivity index (χ0n) is 11.6. The van der Waals surface area contributed by atoms with Gasteiger partial charge in [-0.1, -0.05) is 57.6 Å². The van der Waals surface area contributed by atoms with Crippen molar-refractivity contribution < 1.29 is 4.79 Å². The Morgan fingerprint density at radius 3 is 2.86 bits per heavy atom. The summed E-state index contributed by atoms with van der Waals surface area (Å²) in [6.07, 6.45) is 0.923. The normalized spacial score (nSPS) is 20.0. The molecule has 110 valence electrons. The minimum Gasteiger partial charge on any atom is -0.302 e. The fraction of sp³-hybridized carbons (Fsp3) is 0.176. The predicted octanol–water partition coefficient (Wildman–Crippen LogP) is 4.80. The number of benzene rings is 2. The van der Waals surface area contributed by atoms with Crippen LogP contribution in [0.3, 0.4) is 0 Å². The Bertz CT molecular complexity index is 846. The highest BCUT2D eigenvalue weighted by molar-refractivity contribution is 9.10. The van der Waals surface area contributed by atoms with E-state index in [-0.39, 0.29) is 11.8 Å². The van der Waals surface area contributed by atoms with Gasteiger partial charge in [0.05, 0.1) is 10.2 Å². The maximum atomic E-state index is 12.3. The first-order chi connectivity index (χ1) is 10.7. The summed E-state index contributed by atoms with van der Waals surface area (Å²) in [5.74, 6) is 0.498. The van der Waals surface area contributed by atoms with Gasteiger partial charge >= 0.3 is 0 Å². The summed E-state index contributed by atoms with van der Waals surface area (Å²) in [5.41, 5.74) is 2.16. The van der Waals surface area contributed by atoms with E-state index < -0.39 is 0 Å². The number of amides is 1. The van der Waals surface area contributed by atoms with Crippen LogP contribution < -0.4 is 5.32 Å². The predicted molar refractivity (Wildman–Crippen MR) is 93.2 cm³/mol. The average Bonchev–Trinajstić information content (AvgIpc) is 3.23. The third kappa shape index (κ3) is 2.66. The molecule has 0 saturated heterocycles. The number of rotatable bonds is 3. The van der Waals surface area contributed by atoms with E-state index in [1.807, 2.05) is 36.4 Å². The van der Waals surface area contributed by atoms with Crippen LogP contribution in [0.5, 0.6) is 0 Å². The Balaban J connectivity index is 1.48. The molecule has 22 heavy (non-hydrogen) atoms. The highest BCUT2D eigenvalue weighted by Crippen LogP contribution is 2.48. The van der Waals surface area contributed by atoms with Crippen molar-refractivity contribution in [3.8, 4) is 0 Å². The molecule has 5 heteroatoms. The number of anilines is 1. The first-order valence-corrected chi connectivity index (χ1v) is 8.73. The molecule has 0 aliphatic heterocycles. The van der Waals surface area contributed by atoms with Crippen LogP contribution in [0.25, 0.3) is 10.2 Å². The van der Waals surface area contributed by atoms with Crippen LogP contribution in [0.1, 0.15) is 17.9 Å². The summed E-state index contributed by atoms with van der Waals surface area (Å²) in [4.78, 5) is 16.8. The fourth-order valence-corrected chi connectivity index (χ4v) is 4.12. The summed E-state index contributed by atoms with van der Waals surface area (Å²) in [6, 6.07) is 16.2. The standard InChI is InChI=1S/C17H13BrN2OS/c18-11-6-7-14-15(8-11)22-17(19-14)20-16(21)13-9-12(13)10-4-2-1-3-5-10/h1-8,12-13H,9H2,(H,19,20,21)/t12-,13+/m1/s1. The number of hydrogen-bond donors (Lipinski definition) is 1. The molecule has 1 aromatic heterocycles. The lowest BCUT2D eigenvalue weighted by atomic mass is 10.1. The van der Waals surface area contributed by atoms with Gasteiger partial charge < -0.3 is 5.32 Å². The molecule has 0 bridgehead atoms. The number of carbonyl (C=O) groups is 1. The topological polar surface area (TPSA) is 42.0 Å². The molecule has 2 atom stereocenters. The second kappa shape index (κ2) is 5.48. The van der Waals surface area contributed by atoms with Gasteiger partial charge in [0.15, 0.2) is 5.13 Å². The van der Waals surface area contributed by atoms with Gasteiger partial charge in [0.25, 0.3) is 0 Å². The number of halogens is 1. The van der Waals surface area contributed by atoms with Crippen LogP contribution >= 0.6 is 27.3 Å². The summed E-state index contributed by atoms with van der Waals surface area (Å²) >= 11 is 4.96. The highest BCUT2D eigenvalue weighted by Gasteiger charge is 2.44. The Hall–Kier alpha value is -1.72. The first kappa shape index (κ1) is 13.9. The molecule has 0 unspecified atom stereocenters. The van der Waals surface area contributed by atoms with E-state index in [1.54, 1.807) is 0 Å². The van der Waals surface area contributed by atoms with Crippen LogP contribution in [0.15, 0.2) is 53.0 Å². The van der Waals surface area contributed by atoms with E-state index in [4.69, 9.17) is 0 Å². The Morgan fingerprint density at radius 2 is 2.05 bits per heavy atom. The number of aromatic nitrogens is 1. The van der Waals surface area contributed by atoms with Crippen molar-refractivity contribution in [1.82, 2.24) is 4.98 Å². The highest BCUT2D eigenvalue weighted by atomic mass is 79.9. The number of fused-ring (bicyclic) bond motifs is 1. The van der Waals surface area contributed by atoms with Crippen molar-refractivity contribution in [3.05, 3.63) is 58.6 Å². The SMILES string of the molecule is O=C(Nc1nc2ccc(Br)cc2s1)[C@H]1C[C@@H]1c1ccccc1. The fourth-order valence-electron chi connectivity index (χ4n) is 2.70. The lowest BCUT2D eigenvalue weighted by Gasteiger charge is -2.01. The van der Waals surface area contributed by atoms with E-state index in [9.17, 15) is 4.79 Å². The quantitative estimate of drug-likeness (QED) is 0.717. The molecule has 1 aliphatic carbocycles. The number of thiazole rings is 1. The largest absolute Gasteiger partial charge is 0.302 e. The van der Waals surface area contributed by atoms with Crippen LogP contribution in [0, 0.1) is 5.92 Å². The van der Waals surface area contributed by atoms with Crippen LogP contribution in [0.4, 0.5) is 5.13 Å². The van der Waals surface area contributed by atoms with Gasteiger partial charge in [0.1, 0.15) is 0 Å². The van der Waals surface area contributed by atoms with Crippen molar-refractivity contribution in [2.75, 3.05) is 5.32 Å². The van der Waals surface area contributed by atoms with Crippen LogP contribution in [0.2, 0.25) is 0 Å². The van der Waals surface area contributed by atoms with Crippen molar-refractivity contribution in [2.45, 2.75) is 12.3 Å². The molecule has 1 saturated carbocycles. The third-order valence-electron chi connectivity index (χ3n) is 3.94. The minimum atomic E-state index is 0.0705. The van der Waals surface area contributed by atoms with E-state index in [0.717, 1.165) is 21.1 Å². The molecule has 0 radical (unpaired) electrons. The summed E-state index contributed by atoms with van der Waals surface area (Å²) in [5, 5.41) is 3.64. The molecule has 1 N–H and O–H groups in total. The number of carbonyl (C=O) groups excluding carboxylic acids is 1. The number of hydrogen-bond acceptors (Lipinski definition) is 3. The Morgan fingerprint density at radius 1 is 1.23 bits per heavy atom. The van der Waals surface area contributed by atoms with Gasteiger partial charge in [-0.3, -0.25) is 4.79 Å². The third-order valence-corrected chi connectivity index (χ3v) is 5.36. The van der Waals surface area contributed by atoms with E-state index in [0.29, 0.717) is 11.0 Å². The molecule has 1 amide bonds. The number of nitrogens with zero attached hydrogens (tertiary/aromatic N) is 1. The van der Waals surface area contributed by atoms with Gasteiger partial charge in [-0.25, -0.2) is 4.98 Å². The van der Waals surface area contributed by atoms with E-state index in [2.05, 4.69) is 38.4 Å². The van der Waals surface area contributed by atoms with Crippen molar-refractivity contribution in [2.24, 2.45) is 5.92 Å². The Kier molecular flexibility index (Phi) is 3.47. The number of nitrogens with one attached hydrogen (secondary N) is 1. The van der Waals surface area contributed by atoms with Crippen LogP contribution in [-0.4, -0.2) is 10.9 Å². The molecule has 3 nitrogen and oxygen atoms in total. The molecule has 1 fully saturated rings. The zero-order valence-corrected chi connectivity index (χ0v) is 14.0. The summed E-state index contributed by atoms with van der Waals surface area (Å²) < 4.78 is 2.09. The minimum absolute atomic E-state index is 0.0705. The molecule has 0 spiro atoms. The molecular formula is C17H13BrN2OS. The Labute approximate surface area is 140 Å². The molecule has 1 heterocycles. The summed E-state index contributed by atoms with van der Waals surface area (Å²) in [7, 11) is 0. The maximum absolute atomic E-state index is 12.3. The van der Waals surface area contributed by atoms with E-state index >= 15 is 0 Å². The first-order valence-electron chi connectivity index (χ1n) is 7.12. The molecule has 3 aromatic rings. The van der Waals surface area contributed by atoms with E-state index in [1.165, 1.54) is 16.9 Å². The van der Waals surface area contributed by atoms with Gasteiger partial charge in [0.2, 0.25) is 5.91 Å². The zero-order chi connectivity index (χ0) is 15.1. The molecule has 2 aromatic carbocycles. The van der Waals surface area contributed by atoms with Gasteiger partial charge in [-0.05, 0) is 36.1 Å². The average molecular weight is 373 g/mol. The van der Waals surface area contributed by atoms with Crippen molar-refractivity contribution in [1.29, 1.82) is 0 Å². The summed E-state index contributed by atoms with van der Waals surface area (Å²) in [6.45, 7) is 0. The molecular weight excluding hydrogens is 360 g/mol. The molecule has 4 rings (SSSR count). The van der Waals surface area contributed by atoms with Gasteiger partial charge in [-0.2, -0.15) is 0 Å². The van der Waals surface area contributed by atoms with Crippen LogP contribution in [-0.2, 0) is 4.79 Å². The maximum Gasteiger partial charge on any atom is 0.229 e. The van der Waals surface area contributed by atoms with Crippen molar-refractivity contribution >= 4 is 48.5 Å². The monoisotopic (exact) mass is 372 g/mol. The lowest BCUT2D eigenvalue weighted by Crippen LogP contribution is -2.14. The van der Waals surface area contributed by atoms with Gasteiger partial charge in [0, 0.05) is 10.4 Å².